The van der Waals surface area contributed by atoms with E-state index in [4.69, 9.17) is 5.73 Å². The van der Waals surface area contributed by atoms with Crippen LogP contribution in [0.4, 0.5) is 5.69 Å². The van der Waals surface area contributed by atoms with Gasteiger partial charge in [-0.25, -0.2) is 0 Å². The Hall–Kier alpha value is -1.55. The first-order chi connectivity index (χ1) is 9.11. The highest BCUT2D eigenvalue weighted by Crippen LogP contribution is 2.24. The highest BCUT2D eigenvalue weighted by Gasteiger charge is 2.28. The first kappa shape index (κ1) is 13.9. The van der Waals surface area contributed by atoms with Crippen molar-refractivity contribution >= 4 is 11.6 Å². The molecule has 1 heterocycles. The number of hydrogen-bond acceptors (Lipinski definition) is 3. The van der Waals surface area contributed by atoms with E-state index in [0.717, 1.165) is 30.6 Å². The molecular weight excluding hydrogens is 240 g/mol. The molecular formula is C15H22N2O2. The van der Waals surface area contributed by atoms with Gasteiger partial charge in [0.05, 0.1) is 12.6 Å². The van der Waals surface area contributed by atoms with Crippen molar-refractivity contribution in [3.63, 3.8) is 0 Å². The molecule has 0 aliphatic carbocycles. The standard InChI is InChI=1S/C15H22N2O2/c1-11(12-4-6-13(16)7-5-12)9-15(19)17-8-2-3-14(17)10-18/h4-7,11,14,18H,2-3,8-10,16H2,1H3/t11?,14-/m0/s1. The lowest BCUT2D eigenvalue weighted by Crippen LogP contribution is -2.38. The molecule has 0 bridgehead atoms. The summed E-state index contributed by atoms with van der Waals surface area (Å²) in [5, 5.41) is 9.26. The third-order valence-corrected chi connectivity index (χ3v) is 3.89. The monoisotopic (exact) mass is 262 g/mol. The summed E-state index contributed by atoms with van der Waals surface area (Å²) >= 11 is 0. The van der Waals surface area contributed by atoms with Crippen molar-refractivity contribution < 1.29 is 9.90 Å². The zero-order valence-corrected chi connectivity index (χ0v) is 11.4. The lowest BCUT2D eigenvalue weighted by molar-refractivity contribution is -0.133. The Labute approximate surface area is 114 Å². The second-order valence-electron chi connectivity index (χ2n) is 5.34. The van der Waals surface area contributed by atoms with Gasteiger partial charge in [0, 0.05) is 18.7 Å². The van der Waals surface area contributed by atoms with Gasteiger partial charge in [-0.05, 0) is 36.5 Å². The van der Waals surface area contributed by atoms with Crippen LogP contribution >= 0.6 is 0 Å². The number of amides is 1. The minimum atomic E-state index is 0.0196. The van der Waals surface area contributed by atoms with Crippen LogP contribution in [0.3, 0.4) is 0 Å². The van der Waals surface area contributed by atoms with E-state index < -0.39 is 0 Å². The van der Waals surface area contributed by atoms with Crippen molar-refractivity contribution in [1.82, 2.24) is 4.90 Å². The van der Waals surface area contributed by atoms with E-state index in [1.807, 2.05) is 36.1 Å². The van der Waals surface area contributed by atoms with Gasteiger partial charge in [-0.3, -0.25) is 4.79 Å². The van der Waals surface area contributed by atoms with Crippen molar-refractivity contribution in [3.05, 3.63) is 29.8 Å². The van der Waals surface area contributed by atoms with Crippen molar-refractivity contribution in [3.8, 4) is 0 Å². The van der Waals surface area contributed by atoms with E-state index in [2.05, 4.69) is 0 Å². The number of hydrogen-bond donors (Lipinski definition) is 2. The topological polar surface area (TPSA) is 66.6 Å². The lowest BCUT2D eigenvalue weighted by atomic mass is 9.97. The molecule has 0 radical (unpaired) electrons. The van der Waals surface area contributed by atoms with E-state index >= 15 is 0 Å². The highest BCUT2D eigenvalue weighted by molar-refractivity contribution is 5.77. The van der Waals surface area contributed by atoms with E-state index in [-0.39, 0.29) is 24.5 Å². The van der Waals surface area contributed by atoms with Gasteiger partial charge in [0.2, 0.25) is 5.91 Å². The van der Waals surface area contributed by atoms with Gasteiger partial charge >= 0.3 is 0 Å². The smallest absolute Gasteiger partial charge is 0.223 e. The molecule has 1 aromatic carbocycles. The molecule has 0 saturated carbocycles. The van der Waals surface area contributed by atoms with Crippen LogP contribution in [-0.2, 0) is 4.79 Å². The van der Waals surface area contributed by atoms with E-state index in [0.29, 0.717) is 6.42 Å². The summed E-state index contributed by atoms with van der Waals surface area (Å²) < 4.78 is 0. The molecule has 19 heavy (non-hydrogen) atoms. The number of aliphatic hydroxyl groups excluding tert-OH is 1. The summed E-state index contributed by atoms with van der Waals surface area (Å²) in [6.07, 6.45) is 2.39. The predicted octanol–water partition coefficient (Wildman–Crippen LogP) is 1.75. The number of benzene rings is 1. The molecule has 0 spiro atoms. The van der Waals surface area contributed by atoms with Crippen molar-refractivity contribution in [1.29, 1.82) is 0 Å². The normalized spacial score (nSPS) is 20.5. The molecule has 2 rings (SSSR count). The van der Waals surface area contributed by atoms with Crippen LogP contribution in [0.2, 0.25) is 0 Å². The average molecular weight is 262 g/mol. The molecule has 4 heteroatoms. The van der Waals surface area contributed by atoms with Gasteiger partial charge in [0.25, 0.3) is 0 Å². The number of carbonyl (C=O) groups excluding carboxylic acids is 1. The highest BCUT2D eigenvalue weighted by atomic mass is 16.3. The number of nitrogens with two attached hydrogens (primary N) is 1. The lowest BCUT2D eigenvalue weighted by Gasteiger charge is -2.24. The Morgan fingerprint density at radius 3 is 2.79 bits per heavy atom. The van der Waals surface area contributed by atoms with Gasteiger partial charge < -0.3 is 15.7 Å². The van der Waals surface area contributed by atoms with Crippen LogP contribution in [0.1, 0.15) is 37.7 Å². The average Bonchev–Trinajstić information content (AvgIpc) is 2.87. The first-order valence-corrected chi connectivity index (χ1v) is 6.87. The van der Waals surface area contributed by atoms with Crippen molar-refractivity contribution in [2.45, 2.75) is 38.1 Å². The molecule has 4 nitrogen and oxygen atoms in total. The number of nitrogen functional groups attached to an aromatic ring is 1. The maximum absolute atomic E-state index is 12.3. The Balaban J connectivity index is 1.96. The molecule has 1 aliphatic heterocycles. The van der Waals surface area contributed by atoms with Gasteiger partial charge in [-0.1, -0.05) is 19.1 Å². The summed E-state index contributed by atoms with van der Waals surface area (Å²) in [6, 6.07) is 7.69. The Morgan fingerprint density at radius 2 is 2.16 bits per heavy atom. The van der Waals surface area contributed by atoms with E-state index in [1.165, 1.54) is 0 Å². The molecule has 0 aromatic heterocycles. The molecule has 1 fully saturated rings. The zero-order valence-electron chi connectivity index (χ0n) is 11.4. The molecule has 1 amide bonds. The third-order valence-electron chi connectivity index (χ3n) is 3.89. The molecule has 3 N–H and O–H groups in total. The predicted molar refractivity (Wildman–Crippen MR) is 75.7 cm³/mol. The molecule has 1 saturated heterocycles. The first-order valence-electron chi connectivity index (χ1n) is 6.87. The summed E-state index contributed by atoms with van der Waals surface area (Å²) in [6.45, 7) is 2.90. The zero-order chi connectivity index (χ0) is 13.8. The fraction of sp³-hybridized carbons (Fsp3) is 0.533. The van der Waals surface area contributed by atoms with E-state index in [9.17, 15) is 9.90 Å². The van der Waals surface area contributed by atoms with Crippen LogP contribution < -0.4 is 5.73 Å². The summed E-state index contributed by atoms with van der Waals surface area (Å²) in [5.41, 5.74) is 7.53. The van der Waals surface area contributed by atoms with Crippen molar-refractivity contribution in [2.75, 3.05) is 18.9 Å². The van der Waals surface area contributed by atoms with Crippen LogP contribution in [0.15, 0.2) is 24.3 Å². The second kappa shape index (κ2) is 6.06. The fourth-order valence-corrected chi connectivity index (χ4v) is 2.68. The van der Waals surface area contributed by atoms with Crippen molar-refractivity contribution in [2.24, 2.45) is 0 Å². The second-order valence-corrected chi connectivity index (χ2v) is 5.34. The summed E-state index contributed by atoms with van der Waals surface area (Å²) in [7, 11) is 0. The maximum atomic E-state index is 12.3. The quantitative estimate of drug-likeness (QED) is 0.812. The Morgan fingerprint density at radius 1 is 1.47 bits per heavy atom. The molecule has 1 aromatic rings. The number of aliphatic hydroxyl groups is 1. The SMILES string of the molecule is CC(CC(=O)N1CCC[C@H]1CO)c1ccc(N)cc1. The maximum Gasteiger partial charge on any atom is 0.223 e. The van der Waals surface area contributed by atoms with E-state index in [1.54, 1.807) is 0 Å². The third kappa shape index (κ3) is 3.26. The van der Waals surface area contributed by atoms with Crippen LogP contribution in [0.25, 0.3) is 0 Å². The number of rotatable bonds is 4. The molecule has 104 valence electrons. The van der Waals surface area contributed by atoms with Gasteiger partial charge in [0.1, 0.15) is 0 Å². The molecule has 1 unspecified atom stereocenters. The summed E-state index contributed by atoms with van der Waals surface area (Å²) in [5.74, 6) is 0.314. The van der Waals surface area contributed by atoms with Gasteiger partial charge in [-0.2, -0.15) is 0 Å². The van der Waals surface area contributed by atoms with Gasteiger partial charge in [0.15, 0.2) is 0 Å². The molecule has 2 atom stereocenters. The largest absolute Gasteiger partial charge is 0.399 e. The number of likely N-dealkylation sites (tertiary alicyclic amines) is 1. The number of carbonyl (C=O) groups is 1. The number of anilines is 1. The number of nitrogens with zero attached hydrogens (tertiary/aromatic N) is 1. The Kier molecular flexibility index (Phi) is 4.43. The molecule has 1 aliphatic rings. The summed E-state index contributed by atoms with van der Waals surface area (Å²) in [4.78, 5) is 14.1. The van der Waals surface area contributed by atoms with Crippen LogP contribution in [-0.4, -0.2) is 35.1 Å². The Bertz CT molecular complexity index is 430. The van der Waals surface area contributed by atoms with Crippen LogP contribution in [0, 0.1) is 0 Å². The minimum absolute atomic E-state index is 0.0196. The minimum Gasteiger partial charge on any atom is -0.399 e. The van der Waals surface area contributed by atoms with Crippen LogP contribution in [0.5, 0.6) is 0 Å². The fourth-order valence-electron chi connectivity index (χ4n) is 2.68. The van der Waals surface area contributed by atoms with Gasteiger partial charge in [-0.15, -0.1) is 0 Å².